The molecule has 1 N–H and O–H groups in total. The van der Waals surface area contributed by atoms with E-state index in [2.05, 4.69) is 32.3 Å². The number of aromatic nitrogens is 2. The fourth-order valence-corrected chi connectivity index (χ4v) is 3.21. The minimum absolute atomic E-state index is 0.208. The van der Waals surface area contributed by atoms with Gasteiger partial charge in [-0.1, -0.05) is 30.3 Å². The first-order valence-corrected chi connectivity index (χ1v) is 8.48. The first-order chi connectivity index (χ1) is 12.6. The summed E-state index contributed by atoms with van der Waals surface area (Å²) in [5.74, 6) is 0.339. The van der Waals surface area contributed by atoms with Crippen LogP contribution >= 0.6 is 0 Å². The van der Waals surface area contributed by atoms with Gasteiger partial charge in [-0.2, -0.15) is 0 Å². The Morgan fingerprint density at radius 3 is 2.46 bits per heavy atom. The van der Waals surface area contributed by atoms with Crippen LogP contribution in [0.1, 0.15) is 17.0 Å². The lowest BCUT2D eigenvalue weighted by Crippen LogP contribution is -2.31. The lowest BCUT2D eigenvalue weighted by Gasteiger charge is -2.30. The lowest BCUT2D eigenvalue weighted by molar-refractivity contribution is 0.590. The van der Waals surface area contributed by atoms with Gasteiger partial charge in [-0.25, -0.2) is 18.7 Å². The zero-order valence-electron chi connectivity index (χ0n) is 14.3. The highest BCUT2D eigenvalue weighted by Gasteiger charge is 2.18. The van der Waals surface area contributed by atoms with Crippen LogP contribution in [0.2, 0.25) is 0 Å². The smallest absolute Gasteiger partial charge is 0.149 e. The first kappa shape index (κ1) is 16.4. The summed E-state index contributed by atoms with van der Waals surface area (Å²) in [5, 5.41) is 2.75. The van der Waals surface area contributed by atoms with Crippen molar-refractivity contribution in [3.63, 3.8) is 0 Å². The minimum atomic E-state index is -0.658. The van der Waals surface area contributed by atoms with Crippen molar-refractivity contribution in [3.8, 4) is 0 Å². The molecule has 1 aliphatic heterocycles. The summed E-state index contributed by atoms with van der Waals surface area (Å²) in [6.07, 6.45) is 0.934. The summed E-state index contributed by atoms with van der Waals surface area (Å²) in [6, 6.07) is 13.8. The van der Waals surface area contributed by atoms with Gasteiger partial charge in [0, 0.05) is 19.2 Å². The van der Waals surface area contributed by atoms with Crippen LogP contribution in [0.15, 0.2) is 48.5 Å². The number of aryl methyl sites for hydroxylation is 1. The van der Waals surface area contributed by atoms with Crippen molar-refractivity contribution in [2.45, 2.75) is 19.9 Å². The van der Waals surface area contributed by atoms with Crippen LogP contribution in [-0.4, -0.2) is 16.5 Å². The number of hydrogen-bond acceptors (Lipinski definition) is 4. The molecule has 26 heavy (non-hydrogen) atoms. The van der Waals surface area contributed by atoms with Gasteiger partial charge in [0.2, 0.25) is 0 Å². The number of fused-ring (bicyclic) bond motifs is 1. The van der Waals surface area contributed by atoms with Gasteiger partial charge in [0.05, 0.1) is 0 Å². The van der Waals surface area contributed by atoms with Crippen molar-refractivity contribution < 1.29 is 8.78 Å². The third-order valence-corrected chi connectivity index (χ3v) is 4.49. The summed E-state index contributed by atoms with van der Waals surface area (Å²) >= 11 is 0. The Kier molecular flexibility index (Phi) is 4.24. The molecule has 0 unspecified atom stereocenters. The maximum atomic E-state index is 13.9. The largest absolute Gasteiger partial charge is 0.352 e. The fraction of sp³-hybridized carbons (Fsp3) is 0.200. The van der Waals surface area contributed by atoms with E-state index >= 15 is 0 Å². The Labute approximate surface area is 150 Å². The van der Waals surface area contributed by atoms with Gasteiger partial charge in [0.15, 0.2) is 0 Å². The average Bonchev–Trinajstić information content (AvgIpc) is 2.64. The van der Waals surface area contributed by atoms with E-state index in [1.165, 1.54) is 29.3 Å². The number of hydrogen-bond donors (Lipinski definition) is 1. The lowest BCUT2D eigenvalue weighted by atomic mass is 10.00. The molecule has 0 bridgehead atoms. The van der Waals surface area contributed by atoms with E-state index in [1.807, 2.05) is 12.1 Å². The van der Waals surface area contributed by atoms with Crippen LogP contribution in [0.25, 0.3) is 0 Å². The van der Waals surface area contributed by atoms with E-state index in [0.717, 1.165) is 25.3 Å². The molecule has 0 spiro atoms. The van der Waals surface area contributed by atoms with Gasteiger partial charge in [0.25, 0.3) is 0 Å². The number of benzene rings is 2. The Bertz CT molecular complexity index is 938. The van der Waals surface area contributed by atoms with Gasteiger partial charge >= 0.3 is 0 Å². The van der Waals surface area contributed by atoms with Crippen LogP contribution in [0.5, 0.6) is 0 Å². The fourth-order valence-electron chi connectivity index (χ4n) is 3.21. The molecule has 6 heteroatoms. The van der Waals surface area contributed by atoms with Crippen LogP contribution in [0.4, 0.5) is 26.1 Å². The molecule has 1 aromatic heterocycles. The highest BCUT2D eigenvalue weighted by Crippen LogP contribution is 2.27. The summed E-state index contributed by atoms with van der Waals surface area (Å²) in [6.45, 7) is 3.35. The highest BCUT2D eigenvalue weighted by molar-refractivity contribution is 5.61. The SMILES string of the molecule is Cc1nc(Nc2c(F)cccc2F)cc(N2CCc3ccccc3C2)n1. The van der Waals surface area contributed by atoms with Crippen molar-refractivity contribution in [1.29, 1.82) is 0 Å². The van der Waals surface area contributed by atoms with Crippen molar-refractivity contribution in [2.24, 2.45) is 0 Å². The summed E-state index contributed by atoms with van der Waals surface area (Å²) < 4.78 is 27.8. The zero-order chi connectivity index (χ0) is 18.1. The number of para-hydroxylation sites is 1. The number of nitrogens with one attached hydrogen (secondary N) is 1. The number of anilines is 3. The molecule has 0 saturated heterocycles. The van der Waals surface area contributed by atoms with Crippen molar-refractivity contribution in [2.75, 3.05) is 16.8 Å². The monoisotopic (exact) mass is 352 g/mol. The predicted molar refractivity (Wildman–Crippen MR) is 97.6 cm³/mol. The molecule has 0 amide bonds. The quantitative estimate of drug-likeness (QED) is 0.760. The molecule has 4 nitrogen and oxygen atoms in total. The highest BCUT2D eigenvalue weighted by atomic mass is 19.1. The zero-order valence-corrected chi connectivity index (χ0v) is 14.3. The topological polar surface area (TPSA) is 41.1 Å². The molecular formula is C20H18F2N4. The van der Waals surface area contributed by atoms with Gasteiger partial charge in [-0.3, -0.25) is 0 Å². The second-order valence-electron chi connectivity index (χ2n) is 6.32. The van der Waals surface area contributed by atoms with Gasteiger partial charge in [-0.05, 0) is 36.6 Å². The molecule has 0 aliphatic carbocycles. The molecule has 3 aromatic rings. The van der Waals surface area contributed by atoms with Crippen LogP contribution in [-0.2, 0) is 13.0 Å². The molecule has 0 radical (unpaired) electrons. The van der Waals surface area contributed by atoms with Crippen LogP contribution in [0, 0.1) is 18.6 Å². The van der Waals surface area contributed by atoms with E-state index in [4.69, 9.17) is 0 Å². The van der Waals surface area contributed by atoms with Gasteiger partial charge < -0.3 is 10.2 Å². The third kappa shape index (κ3) is 3.22. The normalized spacial score (nSPS) is 13.4. The summed E-state index contributed by atoms with van der Waals surface area (Å²) in [7, 11) is 0. The van der Waals surface area contributed by atoms with Gasteiger partial charge in [-0.15, -0.1) is 0 Å². The van der Waals surface area contributed by atoms with Crippen LogP contribution in [0.3, 0.4) is 0 Å². The van der Waals surface area contributed by atoms with E-state index in [9.17, 15) is 8.78 Å². The Morgan fingerprint density at radius 1 is 0.962 bits per heavy atom. The molecule has 4 rings (SSSR count). The van der Waals surface area contributed by atoms with E-state index < -0.39 is 11.6 Å². The molecule has 0 saturated carbocycles. The standard InChI is InChI=1S/C20H18F2N4/c1-13-23-18(25-20-16(21)7-4-8-17(20)22)11-19(24-13)26-10-9-14-5-2-3-6-15(14)12-26/h2-8,11H,9-10,12H2,1H3,(H,23,24,25). The molecule has 2 aromatic carbocycles. The van der Waals surface area contributed by atoms with Crippen molar-refractivity contribution >= 4 is 17.3 Å². The average molecular weight is 352 g/mol. The second kappa shape index (κ2) is 6.71. The van der Waals surface area contributed by atoms with E-state index in [1.54, 1.807) is 13.0 Å². The maximum absolute atomic E-state index is 13.9. The van der Waals surface area contributed by atoms with E-state index in [-0.39, 0.29) is 5.69 Å². The maximum Gasteiger partial charge on any atom is 0.149 e. The number of rotatable bonds is 3. The predicted octanol–water partition coefficient (Wildman–Crippen LogP) is 4.37. The Hall–Kier alpha value is -3.02. The molecule has 0 atom stereocenters. The van der Waals surface area contributed by atoms with Crippen LogP contribution < -0.4 is 10.2 Å². The third-order valence-electron chi connectivity index (χ3n) is 4.49. The first-order valence-electron chi connectivity index (χ1n) is 8.48. The molecular weight excluding hydrogens is 334 g/mol. The van der Waals surface area contributed by atoms with Crippen molar-refractivity contribution in [3.05, 3.63) is 77.1 Å². The summed E-state index contributed by atoms with van der Waals surface area (Å²) in [5.41, 5.74) is 2.41. The molecule has 0 fully saturated rings. The molecule has 132 valence electrons. The Balaban J connectivity index is 1.63. The minimum Gasteiger partial charge on any atom is -0.352 e. The number of nitrogens with zero attached hydrogens (tertiary/aromatic N) is 3. The van der Waals surface area contributed by atoms with Gasteiger partial charge in [0.1, 0.15) is 34.8 Å². The van der Waals surface area contributed by atoms with Crippen molar-refractivity contribution in [1.82, 2.24) is 9.97 Å². The molecule has 1 aliphatic rings. The Morgan fingerprint density at radius 2 is 1.69 bits per heavy atom. The second-order valence-corrected chi connectivity index (χ2v) is 6.32. The van der Waals surface area contributed by atoms with E-state index in [0.29, 0.717) is 11.6 Å². The number of halogens is 2. The summed E-state index contributed by atoms with van der Waals surface area (Å²) in [4.78, 5) is 10.9. The molecule has 2 heterocycles.